The van der Waals surface area contributed by atoms with E-state index in [0.29, 0.717) is 5.56 Å². The van der Waals surface area contributed by atoms with Gasteiger partial charge in [0.1, 0.15) is 7.05 Å². The Balaban J connectivity index is 1.96. The van der Waals surface area contributed by atoms with E-state index in [1.54, 1.807) is 12.1 Å². The van der Waals surface area contributed by atoms with Crippen molar-refractivity contribution in [1.82, 2.24) is 0 Å². The number of pyridine rings is 1. The molecule has 4 heteroatoms. The summed E-state index contributed by atoms with van der Waals surface area (Å²) in [7, 11) is 2.03. The molecule has 1 aromatic carbocycles. The SMILES string of the molecule is Cc1cc(C(C)(C)C(F)(F)F)ccc1-c1ccc(C2(C)CCCCC2)c[n+]1C. The molecule has 1 aliphatic rings. The molecule has 1 aromatic heterocycles. The number of halogens is 3. The lowest BCUT2D eigenvalue weighted by molar-refractivity contribution is -0.661. The molecule has 0 radical (unpaired) electrons. The molecule has 0 bridgehead atoms. The summed E-state index contributed by atoms with van der Waals surface area (Å²) in [5.41, 5.74) is 2.88. The van der Waals surface area contributed by atoms with Crippen LogP contribution in [0.15, 0.2) is 36.5 Å². The van der Waals surface area contributed by atoms with Crippen molar-refractivity contribution in [1.29, 1.82) is 0 Å². The number of hydrogen-bond donors (Lipinski definition) is 0. The van der Waals surface area contributed by atoms with Crippen LogP contribution in [-0.2, 0) is 17.9 Å². The van der Waals surface area contributed by atoms with Crippen LogP contribution in [0.25, 0.3) is 11.3 Å². The Morgan fingerprint density at radius 1 is 0.964 bits per heavy atom. The standard InChI is InChI=1S/C24H31F3N/c1-17-15-18(22(2,3)24(25,26)27)9-11-20(17)21-12-10-19(16-28(21)5)23(4)13-7-6-8-14-23/h9-12,15-16H,6-8,13-14H2,1-5H3/q+1. The molecule has 0 amide bonds. The molecular weight excluding hydrogens is 359 g/mol. The lowest BCUT2D eigenvalue weighted by atomic mass is 9.71. The van der Waals surface area contributed by atoms with Crippen LogP contribution in [0.1, 0.15) is 69.6 Å². The van der Waals surface area contributed by atoms with Crippen molar-refractivity contribution >= 4 is 0 Å². The first-order valence-corrected chi connectivity index (χ1v) is 10.1. The first kappa shape index (κ1) is 20.9. The molecule has 1 saturated carbocycles. The largest absolute Gasteiger partial charge is 0.397 e. The van der Waals surface area contributed by atoms with Gasteiger partial charge in [-0.1, -0.05) is 38.3 Å². The molecule has 0 unspecified atom stereocenters. The van der Waals surface area contributed by atoms with Gasteiger partial charge in [0, 0.05) is 17.2 Å². The molecular formula is C24H31F3N+. The van der Waals surface area contributed by atoms with E-state index in [0.717, 1.165) is 16.8 Å². The highest BCUT2D eigenvalue weighted by Crippen LogP contribution is 2.42. The molecule has 1 fully saturated rings. The summed E-state index contributed by atoms with van der Waals surface area (Å²) in [6.45, 7) is 6.71. The number of nitrogens with zero attached hydrogens (tertiary/aromatic N) is 1. The van der Waals surface area contributed by atoms with Crippen molar-refractivity contribution in [2.24, 2.45) is 7.05 Å². The Kier molecular flexibility index (Phi) is 5.37. The fraction of sp³-hybridized carbons (Fsp3) is 0.542. The van der Waals surface area contributed by atoms with Crippen molar-refractivity contribution in [3.05, 3.63) is 53.2 Å². The highest BCUT2D eigenvalue weighted by atomic mass is 19.4. The van der Waals surface area contributed by atoms with E-state index in [2.05, 4.69) is 29.8 Å². The number of aromatic nitrogens is 1. The average Bonchev–Trinajstić information content (AvgIpc) is 2.61. The van der Waals surface area contributed by atoms with Gasteiger partial charge in [-0.3, -0.25) is 0 Å². The quantitative estimate of drug-likeness (QED) is 0.523. The van der Waals surface area contributed by atoms with Crippen LogP contribution in [0.3, 0.4) is 0 Å². The zero-order valence-corrected chi connectivity index (χ0v) is 17.6. The first-order chi connectivity index (χ1) is 13.0. The molecule has 0 spiro atoms. The van der Waals surface area contributed by atoms with Gasteiger partial charge in [0.05, 0.1) is 5.41 Å². The molecule has 0 atom stereocenters. The highest BCUT2D eigenvalue weighted by Gasteiger charge is 2.48. The van der Waals surface area contributed by atoms with Crippen molar-refractivity contribution in [2.75, 3.05) is 0 Å². The smallest absolute Gasteiger partial charge is 0.201 e. The summed E-state index contributed by atoms with van der Waals surface area (Å²) in [5.74, 6) is 0. The van der Waals surface area contributed by atoms with E-state index < -0.39 is 11.6 Å². The number of alkyl halides is 3. The number of aryl methyl sites for hydroxylation is 2. The second-order valence-electron chi connectivity index (χ2n) is 9.19. The molecule has 3 rings (SSSR count). The van der Waals surface area contributed by atoms with Gasteiger partial charge in [-0.25, -0.2) is 4.57 Å². The van der Waals surface area contributed by atoms with Crippen LogP contribution < -0.4 is 4.57 Å². The van der Waals surface area contributed by atoms with Gasteiger partial charge in [0.2, 0.25) is 5.69 Å². The molecule has 28 heavy (non-hydrogen) atoms. The topological polar surface area (TPSA) is 3.88 Å². The van der Waals surface area contributed by atoms with Crippen molar-refractivity contribution in [2.45, 2.75) is 76.8 Å². The summed E-state index contributed by atoms with van der Waals surface area (Å²) in [6.07, 6.45) is 4.23. The van der Waals surface area contributed by atoms with Crippen LogP contribution in [-0.4, -0.2) is 6.18 Å². The van der Waals surface area contributed by atoms with E-state index in [-0.39, 0.29) is 5.41 Å². The molecule has 2 aromatic rings. The van der Waals surface area contributed by atoms with E-state index in [1.165, 1.54) is 51.5 Å². The van der Waals surface area contributed by atoms with E-state index >= 15 is 0 Å². The maximum absolute atomic E-state index is 13.4. The lowest BCUT2D eigenvalue weighted by Crippen LogP contribution is -2.36. The molecule has 0 aliphatic heterocycles. The van der Waals surface area contributed by atoms with Gasteiger partial charge in [-0.15, -0.1) is 0 Å². The maximum atomic E-state index is 13.4. The third-order valence-corrected chi connectivity index (χ3v) is 6.72. The fourth-order valence-corrected chi connectivity index (χ4v) is 4.37. The Hall–Kier alpha value is -1.84. The van der Waals surface area contributed by atoms with Gasteiger partial charge >= 0.3 is 6.18 Å². The predicted molar refractivity (Wildman–Crippen MR) is 107 cm³/mol. The van der Waals surface area contributed by atoms with E-state index in [9.17, 15) is 13.2 Å². The van der Waals surface area contributed by atoms with Crippen molar-refractivity contribution in [3.63, 3.8) is 0 Å². The summed E-state index contributed by atoms with van der Waals surface area (Å²) >= 11 is 0. The second kappa shape index (κ2) is 7.20. The maximum Gasteiger partial charge on any atom is 0.397 e. The highest BCUT2D eigenvalue weighted by molar-refractivity contribution is 5.62. The molecule has 1 nitrogen and oxygen atoms in total. The third kappa shape index (κ3) is 3.70. The van der Waals surface area contributed by atoms with Crippen LogP contribution in [0.5, 0.6) is 0 Å². The summed E-state index contributed by atoms with van der Waals surface area (Å²) in [4.78, 5) is 0. The monoisotopic (exact) mass is 390 g/mol. The van der Waals surface area contributed by atoms with Gasteiger partial charge in [-0.2, -0.15) is 13.2 Å². The van der Waals surface area contributed by atoms with Gasteiger partial charge in [-0.05, 0) is 62.3 Å². The number of benzene rings is 1. The minimum absolute atomic E-state index is 0.226. The second-order valence-corrected chi connectivity index (χ2v) is 9.19. The number of hydrogen-bond acceptors (Lipinski definition) is 0. The minimum Gasteiger partial charge on any atom is -0.201 e. The molecule has 1 aliphatic carbocycles. The summed E-state index contributed by atoms with van der Waals surface area (Å²) in [6, 6.07) is 9.45. The predicted octanol–water partition coefficient (Wildman–Crippen LogP) is 6.55. The first-order valence-electron chi connectivity index (χ1n) is 10.1. The Bertz CT molecular complexity index is 859. The number of rotatable bonds is 3. The fourth-order valence-electron chi connectivity index (χ4n) is 4.37. The molecule has 152 valence electrons. The molecule has 1 heterocycles. The third-order valence-electron chi connectivity index (χ3n) is 6.72. The molecule has 0 N–H and O–H groups in total. The van der Waals surface area contributed by atoms with Crippen LogP contribution in [0.4, 0.5) is 13.2 Å². The van der Waals surface area contributed by atoms with Crippen molar-refractivity contribution in [3.8, 4) is 11.3 Å². The normalized spacial score (nSPS) is 17.6. The van der Waals surface area contributed by atoms with Crippen LogP contribution in [0, 0.1) is 6.92 Å². The lowest BCUT2D eigenvalue weighted by Gasteiger charge is -2.33. The van der Waals surface area contributed by atoms with E-state index in [1.807, 2.05) is 20.0 Å². The van der Waals surface area contributed by atoms with Gasteiger partial charge < -0.3 is 0 Å². The van der Waals surface area contributed by atoms with Crippen LogP contribution >= 0.6 is 0 Å². The Morgan fingerprint density at radius 3 is 2.14 bits per heavy atom. The van der Waals surface area contributed by atoms with Crippen molar-refractivity contribution < 1.29 is 17.7 Å². The minimum atomic E-state index is -4.28. The Morgan fingerprint density at radius 2 is 1.61 bits per heavy atom. The average molecular weight is 391 g/mol. The van der Waals surface area contributed by atoms with Crippen LogP contribution in [0.2, 0.25) is 0 Å². The van der Waals surface area contributed by atoms with Gasteiger partial charge in [0.15, 0.2) is 6.20 Å². The zero-order chi connectivity index (χ0) is 20.7. The summed E-state index contributed by atoms with van der Waals surface area (Å²) < 4.78 is 42.3. The Labute approximate surface area is 166 Å². The van der Waals surface area contributed by atoms with Gasteiger partial charge in [0.25, 0.3) is 0 Å². The zero-order valence-electron chi connectivity index (χ0n) is 17.6. The van der Waals surface area contributed by atoms with E-state index in [4.69, 9.17) is 0 Å². The molecule has 0 saturated heterocycles. The summed E-state index contributed by atoms with van der Waals surface area (Å²) in [5, 5.41) is 0.